The van der Waals surface area contributed by atoms with E-state index >= 15 is 0 Å². The summed E-state index contributed by atoms with van der Waals surface area (Å²) in [4.78, 5) is 4.18. The van der Waals surface area contributed by atoms with Gasteiger partial charge in [-0.05, 0) is 25.3 Å². The summed E-state index contributed by atoms with van der Waals surface area (Å²) in [6.07, 6.45) is 6.43. The molecule has 0 radical (unpaired) electrons. The Morgan fingerprint density at radius 3 is 2.73 bits per heavy atom. The van der Waals surface area contributed by atoms with Gasteiger partial charge in [0.2, 0.25) is 15.9 Å². The van der Waals surface area contributed by atoms with Crippen LogP contribution in [0.25, 0.3) is 0 Å². The molecule has 0 unspecified atom stereocenters. The zero-order chi connectivity index (χ0) is 15.6. The molecule has 0 bridgehead atoms. The Kier molecular flexibility index (Phi) is 4.06. The molecule has 1 fully saturated rings. The normalized spacial score (nSPS) is 17.7. The van der Waals surface area contributed by atoms with Gasteiger partial charge in [0, 0.05) is 0 Å². The van der Waals surface area contributed by atoms with Gasteiger partial charge in [0.1, 0.15) is 11.8 Å². The molecule has 0 atom stereocenters. The molecule has 5 nitrogen and oxygen atoms in total. The molecule has 1 aromatic carbocycles. The first-order valence-electron chi connectivity index (χ1n) is 7.46. The Morgan fingerprint density at radius 1 is 1.32 bits per heavy atom. The zero-order valence-electron chi connectivity index (χ0n) is 12.6. The first-order valence-corrected chi connectivity index (χ1v) is 9.12. The number of rotatable bonds is 5. The van der Waals surface area contributed by atoms with Gasteiger partial charge in [-0.3, -0.25) is 0 Å². The summed E-state index contributed by atoms with van der Waals surface area (Å²) in [6.45, 7) is 1.95. The fourth-order valence-corrected chi connectivity index (χ4v) is 4.73. The first kappa shape index (κ1) is 15.2. The van der Waals surface area contributed by atoms with E-state index < -0.39 is 15.6 Å². The van der Waals surface area contributed by atoms with Crippen LogP contribution in [0, 0.1) is 6.92 Å². The van der Waals surface area contributed by atoms with E-state index in [1.165, 1.54) is 6.26 Å². The lowest BCUT2D eigenvalue weighted by Gasteiger charge is -2.26. The lowest BCUT2D eigenvalue weighted by molar-refractivity contribution is 0.305. The van der Waals surface area contributed by atoms with Crippen molar-refractivity contribution < 1.29 is 12.8 Å². The van der Waals surface area contributed by atoms with Gasteiger partial charge < -0.3 is 4.42 Å². The maximum Gasteiger partial charge on any atom is 0.216 e. The molecule has 2 aromatic rings. The maximum absolute atomic E-state index is 12.6. The van der Waals surface area contributed by atoms with Crippen LogP contribution in [0.15, 0.2) is 41.1 Å². The van der Waals surface area contributed by atoms with Crippen LogP contribution in [0.5, 0.6) is 0 Å². The van der Waals surface area contributed by atoms with Gasteiger partial charge in [-0.1, -0.05) is 42.7 Å². The lowest BCUT2D eigenvalue weighted by Crippen LogP contribution is -2.44. The second kappa shape index (κ2) is 5.85. The van der Waals surface area contributed by atoms with Crippen molar-refractivity contribution in [2.75, 3.05) is 0 Å². The van der Waals surface area contributed by atoms with Crippen molar-refractivity contribution in [3.8, 4) is 0 Å². The molecule has 1 aliphatic rings. The van der Waals surface area contributed by atoms with Gasteiger partial charge in [-0.2, -0.15) is 4.72 Å². The van der Waals surface area contributed by atoms with Gasteiger partial charge in [-0.25, -0.2) is 13.4 Å². The van der Waals surface area contributed by atoms with E-state index in [9.17, 15) is 8.42 Å². The highest BCUT2D eigenvalue weighted by atomic mass is 32.2. The summed E-state index contributed by atoms with van der Waals surface area (Å²) in [5.74, 6) is 0.440. The van der Waals surface area contributed by atoms with Crippen molar-refractivity contribution in [2.24, 2.45) is 0 Å². The predicted molar refractivity (Wildman–Crippen MR) is 83.6 cm³/mol. The van der Waals surface area contributed by atoms with Crippen LogP contribution >= 0.6 is 0 Å². The fourth-order valence-electron chi connectivity index (χ4n) is 3.15. The number of nitrogens with one attached hydrogen (secondary N) is 1. The Hall–Kier alpha value is -1.66. The van der Waals surface area contributed by atoms with E-state index in [1.54, 1.807) is 6.20 Å². The number of hydrogen-bond donors (Lipinski definition) is 1. The number of hydrogen-bond acceptors (Lipinski definition) is 4. The van der Waals surface area contributed by atoms with E-state index in [4.69, 9.17) is 4.42 Å². The van der Waals surface area contributed by atoms with E-state index in [2.05, 4.69) is 9.71 Å². The number of aryl methyl sites for hydroxylation is 1. The SMILES string of the molecule is Cc1cccc(CS(=O)(=O)NC2(c3ncco3)CCCC2)c1. The van der Waals surface area contributed by atoms with Crippen LogP contribution in [-0.4, -0.2) is 13.4 Å². The van der Waals surface area contributed by atoms with Crippen LogP contribution < -0.4 is 4.72 Å². The monoisotopic (exact) mass is 320 g/mol. The predicted octanol–water partition coefficient (Wildman–Crippen LogP) is 2.87. The van der Waals surface area contributed by atoms with Crippen molar-refractivity contribution in [1.29, 1.82) is 0 Å². The number of aromatic nitrogens is 1. The highest BCUT2D eigenvalue weighted by Crippen LogP contribution is 2.38. The molecule has 3 rings (SSSR count). The van der Waals surface area contributed by atoms with Gasteiger partial charge in [0.25, 0.3) is 0 Å². The van der Waals surface area contributed by atoms with Crippen LogP contribution in [0.2, 0.25) is 0 Å². The van der Waals surface area contributed by atoms with Gasteiger partial charge >= 0.3 is 0 Å². The Labute approximate surface area is 130 Å². The fraction of sp³-hybridized carbons (Fsp3) is 0.438. The molecule has 1 heterocycles. The van der Waals surface area contributed by atoms with E-state index in [0.29, 0.717) is 5.89 Å². The molecular weight excluding hydrogens is 300 g/mol. The molecule has 0 amide bonds. The highest BCUT2D eigenvalue weighted by Gasteiger charge is 2.42. The van der Waals surface area contributed by atoms with E-state index in [1.807, 2.05) is 31.2 Å². The zero-order valence-corrected chi connectivity index (χ0v) is 13.4. The minimum atomic E-state index is -3.47. The van der Waals surface area contributed by atoms with Gasteiger partial charge in [0.15, 0.2) is 0 Å². The molecule has 0 aliphatic heterocycles. The summed E-state index contributed by atoms with van der Waals surface area (Å²) >= 11 is 0. The molecule has 1 aromatic heterocycles. The van der Waals surface area contributed by atoms with Crippen LogP contribution in [0.1, 0.15) is 42.7 Å². The smallest absolute Gasteiger partial charge is 0.216 e. The number of benzene rings is 1. The molecule has 118 valence electrons. The molecule has 6 heteroatoms. The quantitative estimate of drug-likeness (QED) is 0.919. The van der Waals surface area contributed by atoms with Crippen LogP contribution in [0.3, 0.4) is 0 Å². The third kappa shape index (κ3) is 3.23. The first-order chi connectivity index (χ1) is 10.5. The van der Waals surface area contributed by atoms with Crippen molar-refractivity contribution in [1.82, 2.24) is 9.71 Å². The number of nitrogens with zero attached hydrogens (tertiary/aromatic N) is 1. The summed E-state index contributed by atoms with van der Waals surface area (Å²) in [7, 11) is -3.47. The minimum absolute atomic E-state index is 0.0306. The maximum atomic E-state index is 12.6. The lowest BCUT2D eigenvalue weighted by atomic mass is 9.99. The van der Waals surface area contributed by atoms with Crippen LogP contribution in [0.4, 0.5) is 0 Å². The molecule has 0 saturated heterocycles. The summed E-state index contributed by atoms with van der Waals surface area (Å²) < 4.78 is 33.4. The van der Waals surface area contributed by atoms with Crippen molar-refractivity contribution >= 4 is 10.0 Å². The minimum Gasteiger partial charge on any atom is -0.447 e. The summed E-state index contributed by atoms with van der Waals surface area (Å²) in [5, 5.41) is 0. The average Bonchev–Trinajstić information content (AvgIpc) is 3.08. The van der Waals surface area contributed by atoms with Gasteiger partial charge in [-0.15, -0.1) is 0 Å². The van der Waals surface area contributed by atoms with Crippen molar-refractivity contribution in [3.05, 3.63) is 53.7 Å². The molecule has 1 aliphatic carbocycles. The molecule has 22 heavy (non-hydrogen) atoms. The van der Waals surface area contributed by atoms with Crippen molar-refractivity contribution in [3.63, 3.8) is 0 Å². The molecule has 1 N–H and O–H groups in total. The number of sulfonamides is 1. The Morgan fingerprint density at radius 2 is 2.09 bits per heavy atom. The largest absolute Gasteiger partial charge is 0.447 e. The molecule has 1 saturated carbocycles. The second-order valence-electron chi connectivity index (χ2n) is 5.98. The molecular formula is C16H20N2O3S. The van der Waals surface area contributed by atoms with Gasteiger partial charge in [0.05, 0.1) is 11.9 Å². The Bertz CT molecular complexity index is 733. The van der Waals surface area contributed by atoms with Crippen LogP contribution in [-0.2, 0) is 21.3 Å². The number of oxazole rings is 1. The molecule has 0 spiro atoms. The summed E-state index contributed by atoms with van der Waals surface area (Å²) in [6, 6.07) is 7.55. The standard InChI is InChI=1S/C16H20N2O3S/c1-13-5-4-6-14(11-13)12-22(19,20)18-16(7-2-3-8-16)15-17-9-10-21-15/h4-6,9-11,18H,2-3,7-8,12H2,1H3. The second-order valence-corrected chi connectivity index (χ2v) is 7.70. The van der Waals surface area contributed by atoms with E-state index in [0.717, 1.165) is 36.8 Å². The third-order valence-corrected chi connectivity index (χ3v) is 5.50. The summed E-state index contributed by atoms with van der Waals surface area (Å²) in [5.41, 5.74) is 1.15. The average molecular weight is 320 g/mol. The third-order valence-electron chi connectivity index (χ3n) is 4.09. The Balaban J connectivity index is 1.83. The van der Waals surface area contributed by atoms with E-state index in [-0.39, 0.29) is 5.75 Å². The topological polar surface area (TPSA) is 72.2 Å². The van der Waals surface area contributed by atoms with Crippen molar-refractivity contribution in [2.45, 2.75) is 43.9 Å². The highest BCUT2D eigenvalue weighted by molar-refractivity contribution is 7.88.